The number of hydrogen-bond donors (Lipinski definition) is 4. The van der Waals surface area contributed by atoms with E-state index < -0.39 is 17.9 Å². The number of anilines is 1. The van der Waals surface area contributed by atoms with Crippen LogP contribution in [-0.2, 0) is 4.79 Å². The SMILES string of the molecule is CC(C)[C@H](NC(=O)c1ccco1)C(=O)NNC(=S)Nc1cccc(Cl)c1. The third-order valence-corrected chi connectivity index (χ3v) is 3.80. The topological polar surface area (TPSA) is 95.4 Å². The monoisotopic (exact) mass is 394 g/mol. The Hall–Kier alpha value is -2.58. The molecule has 0 aliphatic rings. The number of halogens is 1. The number of nitrogens with one attached hydrogen (secondary N) is 4. The van der Waals surface area contributed by atoms with E-state index in [9.17, 15) is 9.59 Å². The van der Waals surface area contributed by atoms with Gasteiger partial charge in [-0.05, 0) is 48.5 Å². The third-order valence-electron chi connectivity index (χ3n) is 3.36. The summed E-state index contributed by atoms with van der Waals surface area (Å²) in [6.07, 6.45) is 1.39. The van der Waals surface area contributed by atoms with Gasteiger partial charge in [-0.2, -0.15) is 0 Å². The molecule has 0 unspecified atom stereocenters. The number of furan rings is 1. The Morgan fingerprint density at radius 3 is 2.54 bits per heavy atom. The maximum atomic E-state index is 12.4. The van der Waals surface area contributed by atoms with Crippen molar-refractivity contribution in [3.8, 4) is 0 Å². The lowest BCUT2D eigenvalue weighted by Crippen LogP contribution is -2.54. The van der Waals surface area contributed by atoms with E-state index in [1.807, 2.05) is 13.8 Å². The van der Waals surface area contributed by atoms with E-state index in [1.54, 1.807) is 30.3 Å². The predicted octanol–water partition coefficient (Wildman–Crippen LogP) is 2.71. The van der Waals surface area contributed by atoms with E-state index in [0.717, 1.165) is 0 Å². The molecule has 1 aromatic carbocycles. The van der Waals surface area contributed by atoms with Crippen molar-refractivity contribution in [2.24, 2.45) is 5.92 Å². The average molecular weight is 395 g/mol. The highest BCUT2D eigenvalue weighted by Crippen LogP contribution is 2.14. The highest BCUT2D eigenvalue weighted by atomic mass is 35.5. The second-order valence-corrected chi connectivity index (χ2v) is 6.60. The van der Waals surface area contributed by atoms with Crippen LogP contribution in [0.2, 0.25) is 5.02 Å². The van der Waals surface area contributed by atoms with Crippen molar-refractivity contribution >= 4 is 46.4 Å². The number of amides is 2. The van der Waals surface area contributed by atoms with E-state index in [4.69, 9.17) is 28.2 Å². The van der Waals surface area contributed by atoms with Crippen molar-refractivity contribution in [2.75, 3.05) is 5.32 Å². The van der Waals surface area contributed by atoms with Crippen LogP contribution in [0.25, 0.3) is 0 Å². The number of hydrazine groups is 1. The fourth-order valence-electron chi connectivity index (χ4n) is 2.08. The van der Waals surface area contributed by atoms with Gasteiger partial charge in [-0.25, -0.2) is 0 Å². The molecule has 2 rings (SSSR count). The minimum Gasteiger partial charge on any atom is -0.459 e. The molecule has 1 atom stereocenters. The van der Waals surface area contributed by atoms with E-state index in [-0.39, 0.29) is 16.8 Å². The largest absolute Gasteiger partial charge is 0.459 e. The first-order valence-electron chi connectivity index (χ1n) is 7.83. The van der Waals surface area contributed by atoms with Crippen LogP contribution in [0.1, 0.15) is 24.4 Å². The maximum absolute atomic E-state index is 12.4. The Balaban J connectivity index is 1.88. The summed E-state index contributed by atoms with van der Waals surface area (Å²) in [6.45, 7) is 3.63. The van der Waals surface area contributed by atoms with Gasteiger partial charge in [0.05, 0.1) is 6.26 Å². The van der Waals surface area contributed by atoms with Gasteiger partial charge in [0, 0.05) is 10.7 Å². The number of carbonyl (C=O) groups excluding carboxylic acids is 2. The van der Waals surface area contributed by atoms with E-state index in [2.05, 4.69) is 21.5 Å². The van der Waals surface area contributed by atoms with Crippen LogP contribution in [0.3, 0.4) is 0 Å². The summed E-state index contributed by atoms with van der Waals surface area (Å²) in [7, 11) is 0. The maximum Gasteiger partial charge on any atom is 0.287 e. The molecule has 2 amide bonds. The first-order valence-corrected chi connectivity index (χ1v) is 8.62. The van der Waals surface area contributed by atoms with Crippen LogP contribution in [0.4, 0.5) is 5.69 Å². The van der Waals surface area contributed by atoms with Crippen molar-refractivity contribution in [1.82, 2.24) is 16.2 Å². The molecule has 2 aromatic rings. The minimum absolute atomic E-state index is 0.134. The molecular weight excluding hydrogens is 376 g/mol. The zero-order chi connectivity index (χ0) is 19.1. The van der Waals surface area contributed by atoms with Crippen LogP contribution in [0.15, 0.2) is 47.1 Å². The van der Waals surface area contributed by atoms with Gasteiger partial charge in [-0.1, -0.05) is 31.5 Å². The Kier molecular flexibility index (Phi) is 6.99. The smallest absolute Gasteiger partial charge is 0.287 e. The lowest BCUT2D eigenvalue weighted by Gasteiger charge is -2.22. The summed E-state index contributed by atoms with van der Waals surface area (Å²) < 4.78 is 5.03. The minimum atomic E-state index is -0.769. The average Bonchev–Trinajstić information content (AvgIpc) is 3.12. The molecule has 1 heterocycles. The van der Waals surface area contributed by atoms with Crippen molar-refractivity contribution in [3.05, 3.63) is 53.4 Å². The highest BCUT2D eigenvalue weighted by Gasteiger charge is 2.25. The Bertz CT molecular complexity index is 780. The van der Waals surface area contributed by atoms with Gasteiger partial charge in [0.2, 0.25) is 0 Å². The van der Waals surface area contributed by atoms with Crippen LogP contribution < -0.4 is 21.5 Å². The predicted molar refractivity (Wildman–Crippen MR) is 104 cm³/mol. The molecule has 1 aromatic heterocycles. The normalized spacial score (nSPS) is 11.5. The molecule has 0 aliphatic carbocycles. The second kappa shape index (κ2) is 9.21. The summed E-state index contributed by atoms with van der Waals surface area (Å²) >= 11 is 11.0. The molecule has 7 nitrogen and oxygen atoms in total. The molecule has 9 heteroatoms. The first-order chi connectivity index (χ1) is 12.4. The van der Waals surface area contributed by atoms with Crippen molar-refractivity contribution in [1.29, 1.82) is 0 Å². The van der Waals surface area contributed by atoms with Crippen molar-refractivity contribution in [3.63, 3.8) is 0 Å². The summed E-state index contributed by atoms with van der Waals surface area (Å²) in [5.74, 6) is -0.918. The lowest BCUT2D eigenvalue weighted by atomic mass is 10.0. The van der Waals surface area contributed by atoms with E-state index in [1.165, 1.54) is 12.3 Å². The number of benzene rings is 1. The fraction of sp³-hybridized carbons (Fsp3) is 0.235. The van der Waals surface area contributed by atoms with Crippen LogP contribution in [-0.4, -0.2) is 23.0 Å². The van der Waals surface area contributed by atoms with Gasteiger partial charge in [0.25, 0.3) is 11.8 Å². The Morgan fingerprint density at radius 2 is 1.92 bits per heavy atom. The van der Waals surface area contributed by atoms with Crippen LogP contribution in [0.5, 0.6) is 0 Å². The van der Waals surface area contributed by atoms with E-state index >= 15 is 0 Å². The molecule has 0 saturated carbocycles. The van der Waals surface area contributed by atoms with Gasteiger partial charge in [0.1, 0.15) is 6.04 Å². The van der Waals surface area contributed by atoms with Gasteiger partial charge in [0.15, 0.2) is 10.9 Å². The molecule has 0 radical (unpaired) electrons. The summed E-state index contributed by atoms with van der Waals surface area (Å²) in [6, 6.07) is 9.33. The number of rotatable bonds is 5. The molecule has 4 N–H and O–H groups in total. The number of carbonyl (C=O) groups is 2. The van der Waals surface area contributed by atoms with Gasteiger partial charge < -0.3 is 15.1 Å². The quantitative estimate of drug-likeness (QED) is 0.460. The third kappa shape index (κ3) is 5.75. The molecule has 138 valence electrons. The molecule has 0 aliphatic heterocycles. The van der Waals surface area contributed by atoms with Gasteiger partial charge in [-0.3, -0.25) is 20.4 Å². The van der Waals surface area contributed by atoms with Gasteiger partial charge >= 0.3 is 0 Å². The van der Waals surface area contributed by atoms with Crippen LogP contribution in [0, 0.1) is 5.92 Å². The molecule has 26 heavy (non-hydrogen) atoms. The number of thiocarbonyl (C=S) groups is 1. The molecule has 0 fully saturated rings. The molecule has 0 saturated heterocycles. The van der Waals surface area contributed by atoms with Crippen molar-refractivity contribution in [2.45, 2.75) is 19.9 Å². The zero-order valence-electron chi connectivity index (χ0n) is 14.2. The molecular formula is C17H19ClN4O3S. The Morgan fingerprint density at radius 1 is 1.15 bits per heavy atom. The van der Waals surface area contributed by atoms with E-state index in [0.29, 0.717) is 10.7 Å². The Labute approximate surface area is 161 Å². The zero-order valence-corrected chi connectivity index (χ0v) is 15.8. The summed E-state index contributed by atoms with van der Waals surface area (Å²) in [5, 5.41) is 6.26. The molecule has 0 bridgehead atoms. The molecule has 0 spiro atoms. The highest BCUT2D eigenvalue weighted by molar-refractivity contribution is 7.80. The van der Waals surface area contributed by atoms with Crippen molar-refractivity contribution < 1.29 is 14.0 Å². The van der Waals surface area contributed by atoms with Crippen LogP contribution >= 0.6 is 23.8 Å². The fourth-order valence-corrected chi connectivity index (χ4v) is 2.44. The summed E-state index contributed by atoms with van der Waals surface area (Å²) in [4.78, 5) is 24.5. The summed E-state index contributed by atoms with van der Waals surface area (Å²) in [5.41, 5.74) is 5.75. The number of hydrogen-bond acceptors (Lipinski definition) is 4. The van der Waals surface area contributed by atoms with Gasteiger partial charge in [-0.15, -0.1) is 0 Å². The standard InChI is InChI=1S/C17H19ClN4O3S/c1-10(2)14(20-15(23)13-7-4-8-25-13)16(24)21-22-17(26)19-12-6-3-5-11(18)9-12/h3-10,14H,1-2H3,(H,20,23)(H,21,24)(H2,19,22,26)/t14-/m0/s1. The first kappa shape index (κ1) is 19.7. The lowest BCUT2D eigenvalue weighted by molar-refractivity contribution is -0.124. The second-order valence-electron chi connectivity index (χ2n) is 5.75.